The van der Waals surface area contributed by atoms with Crippen LogP contribution in [0.5, 0.6) is 0 Å². The van der Waals surface area contributed by atoms with E-state index in [0.29, 0.717) is 5.69 Å². The molecule has 1 aromatic rings. The summed E-state index contributed by atoms with van der Waals surface area (Å²) in [6.45, 7) is 0.118. The second-order valence-electron chi connectivity index (χ2n) is 4.62. The van der Waals surface area contributed by atoms with E-state index in [-0.39, 0.29) is 19.0 Å². The van der Waals surface area contributed by atoms with Gasteiger partial charge in [-0.1, -0.05) is 0 Å². The number of nitrogens with zero attached hydrogens (tertiary/aromatic N) is 2. The van der Waals surface area contributed by atoms with Crippen LogP contribution in [0, 0.1) is 0 Å². The third-order valence-corrected chi connectivity index (χ3v) is 3.51. The van der Waals surface area contributed by atoms with E-state index in [9.17, 15) is 21.6 Å². The maximum atomic E-state index is 12.6. The second kappa shape index (κ2) is 4.78. The number of alkyl halides is 3. The number of hydrogen-bond acceptors (Lipinski definition) is 3. The normalized spacial score (nSPS) is 16.8. The molecule has 0 spiro atoms. The minimum Gasteiger partial charge on any atom is -0.267 e. The largest absolute Gasteiger partial charge is 0.435 e. The van der Waals surface area contributed by atoms with E-state index >= 15 is 0 Å². The Kier molecular flexibility index (Phi) is 3.61. The van der Waals surface area contributed by atoms with Crippen molar-refractivity contribution in [1.82, 2.24) is 14.5 Å². The first kappa shape index (κ1) is 14.3. The molecule has 9 heteroatoms. The van der Waals surface area contributed by atoms with Gasteiger partial charge in [-0.3, -0.25) is 4.68 Å². The minimum absolute atomic E-state index is 0.0253. The predicted molar refractivity (Wildman–Crippen MR) is 62.1 cm³/mol. The molecule has 1 saturated carbocycles. The molecular formula is C10H14F3N3O2S. The first-order valence-electron chi connectivity index (χ1n) is 5.76. The fourth-order valence-electron chi connectivity index (χ4n) is 1.79. The number of nitrogens with one attached hydrogen (secondary N) is 1. The lowest BCUT2D eigenvalue weighted by atomic mass is 10.2. The molecule has 1 aliphatic rings. The third-order valence-electron chi connectivity index (χ3n) is 2.79. The molecule has 0 aliphatic heterocycles. The summed E-state index contributed by atoms with van der Waals surface area (Å²) >= 11 is 0. The van der Waals surface area contributed by atoms with Gasteiger partial charge in [0.1, 0.15) is 0 Å². The predicted octanol–water partition coefficient (Wildman–Crippen LogP) is 1.33. The molecule has 0 unspecified atom stereocenters. The van der Waals surface area contributed by atoms with Gasteiger partial charge in [-0.05, 0) is 18.9 Å². The van der Waals surface area contributed by atoms with Crippen LogP contribution in [0.4, 0.5) is 13.2 Å². The molecule has 0 atom stereocenters. The van der Waals surface area contributed by atoms with Gasteiger partial charge in [0.25, 0.3) is 0 Å². The summed E-state index contributed by atoms with van der Waals surface area (Å²) in [5.41, 5.74) is -0.392. The molecule has 5 nitrogen and oxygen atoms in total. The Labute approximate surface area is 108 Å². The monoisotopic (exact) mass is 297 g/mol. The van der Waals surface area contributed by atoms with Gasteiger partial charge in [0.05, 0.1) is 12.8 Å². The summed E-state index contributed by atoms with van der Waals surface area (Å²) in [4.78, 5) is 0. The van der Waals surface area contributed by atoms with E-state index in [2.05, 4.69) is 9.82 Å². The summed E-state index contributed by atoms with van der Waals surface area (Å²) in [6, 6.07) is 1.05. The summed E-state index contributed by atoms with van der Waals surface area (Å²) in [5, 5.41) is 3.52. The van der Waals surface area contributed by atoms with Crippen molar-refractivity contribution in [1.29, 1.82) is 0 Å². The van der Waals surface area contributed by atoms with Crippen LogP contribution < -0.4 is 4.72 Å². The van der Waals surface area contributed by atoms with Crippen molar-refractivity contribution in [3.8, 4) is 0 Å². The molecule has 0 radical (unpaired) electrons. The standard InChI is InChI=1S/C10H14F3N3O2S/c1-19(17,18)14-4-5-16-8(7-2-3-7)6-9(15-16)10(11,12)13/h6-7,14H,2-5H2,1H3. The summed E-state index contributed by atoms with van der Waals surface area (Å²) in [7, 11) is -3.35. The maximum Gasteiger partial charge on any atom is 0.435 e. The van der Waals surface area contributed by atoms with Crippen molar-refractivity contribution in [3.63, 3.8) is 0 Å². The van der Waals surface area contributed by atoms with E-state index in [0.717, 1.165) is 25.2 Å². The van der Waals surface area contributed by atoms with Crippen LogP contribution in [-0.4, -0.2) is 31.0 Å². The summed E-state index contributed by atoms with van der Waals surface area (Å²) in [6.07, 6.45) is -1.77. The van der Waals surface area contributed by atoms with Gasteiger partial charge in [0, 0.05) is 18.2 Å². The summed E-state index contributed by atoms with van der Waals surface area (Å²) in [5.74, 6) is 0.113. The van der Waals surface area contributed by atoms with Crippen LogP contribution in [0.25, 0.3) is 0 Å². The minimum atomic E-state index is -4.47. The number of hydrogen-bond donors (Lipinski definition) is 1. The van der Waals surface area contributed by atoms with Crippen molar-refractivity contribution >= 4 is 10.0 Å². The first-order valence-corrected chi connectivity index (χ1v) is 7.65. The van der Waals surface area contributed by atoms with E-state index in [1.807, 2.05) is 0 Å². The molecule has 0 bridgehead atoms. The number of rotatable bonds is 5. The third kappa shape index (κ3) is 3.93. The Morgan fingerprint density at radius 1 is 1.47 bits per heavy atom. The molecule has 108 valence electrons. The molecule has 2 rings (SSSR count). The highest BCUT2D eigenvalue weighted by Crippen LogP contribution is 2.41. The molecule has 1 aromatic heterocycles. The lowest BCUT2D eigenvalue weighted by molar-refractivity contribution is -0.141. The average molecular weight is 297 g/mol. The Bertz CT molecular complexity index is 561. The highest BCUT2D eigenvalue weighted by Gasteiger charge is 2.37. The maximum absolute atomic E-state index is 12.6. The van der Waals surface area contributed by atoms with E-state index in [4.69, 9.17) is 0 Å². The number of aromatic nitrogens is 2. The number of sulfonamides is 1. The van der Waals surface area contributed by atoms with E-state index in [1.165, 1.54) is 4.68 Å². The van der Waals surface area contributed by atoms with Gasteiger partial charge in [0.2, 0.25) is 10.0 Å². The van der Waals surface area contributed by atoms with Crippen molar-refractivity contribution in [2.45, 2.75) is 31.5 Å². The smallest absolute Gasteiger partial charge is 0.267 e. The highest BCUT2D eigenvalue weighted by atomic mass is 32.2. The fourth-order valence-corrected chi connectivity index (χ4v) is 2.26. The Morgan fingerprint density at radius 3 is 2.58 bits per heavy atom. The Morgan fingerprint density at radius 2 is 2.11 bits per heavy atom. The van der Waals surface area contributed by atoms with Crippen molar-refractivity contribution in [2.24, 2.45) is 0 Å². The van der Waals surface area contributed by atoms with Gasteiger partial charge in [-0.2, -0.15) is 18.3 Å². The van der Waals surface area contributed by atoms with Crippen LogP contribution in [0.2, 0.25) is 0 Å². The van der Waals surface area contributed by atoms with Gasteiger partial charge in [-0.15, -0.1) is 0 Å². The van der Waals surface area contributed by atoms with Crippen LogP contribution in [0.3, 0.4) is 0 Å². The zero-order chi connectivity index (χ0) is 14.3. The summed E-state index contributed by atoms with van der Waals surface area (Å²) < 4.78 is 63.0. The molecule has 0 amide bonds. The molecule has 0 saturated heterocycles. The van der Waals surface area contributed by atoms with E-state index < -0.39 is 21.9 Å². The molecule has 19 heavy (non-hydrogen) atoms. The topological polar surface area (TPSA) is 64.0 Å². The molecule has 1 aliphatic carbocycles. The fraction of sp³-hybridized carbons (Fsp3) is 0.700. The molecule has 1 fully saturated rings. The molecule has 1 N–H and O–H groups in total. The van der Waals surface area contributed by atoms with Crippen LogP contribution >= 0.6 is 0 Å². The van der Waals surface area contributed by atoms with Crippen molar-refractivity contribution < 1.29 is 21.6 Å². The molecular weight excluding hydrogens is 283 g/mol. The van der Waals surface area contributed by atoms with Crippen molar-refractivity contribution in [3.05, 3.63) is 17.5 Å². The molecule has 1 heterocycles. The lowest BCUT2D eigenvalue weighted by Crippen LogP contribution is -2.27. The van der Waals surface area contributed by atoms with Gasteiger partial charge in [0.15, 0.2) is 5.69 Å². The average Bonchev–Trinajstić information content (AvgIpc) is 2.97. The second-order valence-corrected chi connectivity index (χ2v) is 6.45. The van der Waals surface area contributed by atoms with Crippen LogP contribution in [-0.2, 0) is 22.7 Å². The quantitative estimate of drug-likeness (QED) is 0.891. The SMILES string of the molecule is CS(=O)(=O)NCCn1nc(C(F)(F)F)cc1C1CC1. The van der Waals surface area contributed by atoms with Crippen molar-refractivity contribution in [2.75, 3.05) is 12.8 Å². The lowest BCUT2D eigenvalue weighted by Gasteiger charge is -2.07. The van der Waals surface area contributed by atoms with Crippen LogP contribution in [0.15, 0.2) is 6.07 Å². The molecule has 0 aromatic carbocycles. The van der Waals surface area contributed by atoms with Crippen LogP contribution in [0.1, 0.15) is 30.1 Å². The Balaban J connectivity index is 2.12. The van der Waals surface area contributed by atoms with Gasteiger partial charge < -0.3 is 0 Å². The Hall–Kier alpha value is -1.09. The number of halogens is 3. The van der Waals surface area contributed by atoms with E-state index in [1.54, 1.807) is 0 Å². The van der Waals surface area contributed by atoms with Gasteiger partial charge >= 0.3 is 6.18 Å². The zero-order valence-electron chi connectivity index (χ0n) is 10.2. The highest BCUT2D eigenvalue weighted by molar-refractivity contribution is 7.88. The first-order chi connectivity index (χ1) is 8.67. The van der Waals surface area contributed by atoms with Gasteiger partial charge in [-0.25, -0.2) is 13.1 Å². The zero-order valence-corrected chi connectivity index (χ0v) is 11.1.